The van der Waals surface area contributed by atoms with E-state index in [0.29, 0.717) is 11.9 Å². The third-order valence-electron chi connectivity index (χ3n) is 3.11. The van der Waals surface area contributed by atoms with Gasteiger partial charge in [-0.3, -0.25) is 0 Å². The number of hydrogen-bond acceptors (Lipinski definition) is 4. The highest BCUT2D eigenvalue weighted by Crippen LogP contribution is 2.35. The molecule has 2 aromatic heterocycles. The lowest BCUT2D eigenvalue weighted by Gasteiger charge is -2.11. The molecule has 1 saturated carbocycles. The molecule has 0 bridgehead atoms. The molecule has 1 N–H and O–H groups in total. The molecule has 0 amide bonds. The fraction of sp³-hybridized carbons (Fsp3) is 0.385. The van der Waals surface area contributed by atoms with Crippen LogP contribution in [0.5, 0.6) is 5.88 Å². The Kier molecular flexibility index (Phi) is 2.88. The Morgan fingerprint density at radius 2 is 2.39 bits per heavy atom. The van der Waals surface area contributed by atoms with Gasteiger partial charge in [-0.05, 0) is 25.0 Å². The molecule has 2 heterocycles. The maximum absolute atomic E-state index is 5.21. The van der Waals surface area contributed by atoms with Crippen LogP contribution in [0.2, 0.25) is 0 Å². The molecule has 0 unspecified atom stereocenters. The number of aromatic nitrogens is 3. The first-order valence-electron chi connectivity index (χ1n) is 6.12. The highest BCUT2D eigenvalue weighted by Gasteiger charge is 2.25. The first-order chi connectivity index (χ1) is 8.88. The van der Waals surface area contributed by atoms with Crippen LogP contribution in [0.4, 0.5) is 5.69 Å². The van der Waals surface area contributed by atoms with Crippen molar-refractivity contribution in [2.75, 3.05) is 12.4 Å². The standard InChI is InChI=1S/C13H16N4O/c1-18-13-12(3-2-6-15-13)16-8-11-7-14-9-17(11)10-4-5-10/h2-3,6-7,9-10,16H,4-5,8H2,1H3. The van der Waals surface area contributed by atoms with Gasteiger partial charge in [-0.1, -0.05) is 0 Å². The molecule has 2 aromatic rings. The number of rotatable bonds is 5. The van der Waals surface area contributed by atoms with Crippen molar-refractivity contribution in [3.63, 3.8) is 0 Å². The molecule has 0 spiro atoms. The Bertz CT molecular complexity index is 533. The number of methoxy groups -OCH3 is 1. The van der Waals surface area contributed by atoms with E-state index in [2.05, 4.69) is 19.9 Å². The number of ether oxygens (including phenoxy) is 1. The van der Waals surface area contributed by atoms with E-state index >= 15 is 0 Å². The predicted molar refractivity (Wildman–Crippen MR) is 68.6 cm³/mol. The molecule has 0 aliphatic heterocycles. The molecule has 0 saturated heterocycles. The number of anilines is 1. The zero-order valence-corrected chi connectivity index (χ0v) is 10.3. The molecule has 94 valence electrons. The van der Waals surface area contributed by atoms with E-state index in [0.717, 1.165) is 12.2 Å². The van der Waals surface area contributed by atoms with Crippen LogP contribution in [-0.2, 0) is 6.54 Å². The largest absolute Gasteiger partial charge is 0.480 e. The highest BCUT2D eigenvalue weighted by atomic mass is 16.5. The number of nitrogens with one attached hydrogen (secondary N) is 1. The molecular formula is C13H16N4O. The van der Waals surface area contributed by atoms with E-state index in [1.165, 1.54) is 18.5 Å². The Balaban J connectivity index is 1.71. The lowest BCUT2D eigenvalue weighted by Crippen LogP contribution is -2.07. The topological polar surface area (TPSA) is 52.0 Å². The summed E-state index contributed by atoms with van der Waals surface area (Å²) in [6, 6.07) is 4.51. The fourth-order valence-corrected chi connectivity index (χ4v) is 2.02. The number of nitrogens with zero attached hydrogens (tertiary/aromatic N) is 3. The van der Waals surface area contributed by atoms with Crippen molar-refractivity contribution in [3.05, 3.63) is 36.5 Å². The second kappa shape index (κ2) is 4.68. The zero-order chi connectivity index (χ0) is 12.4. The van der Waals surface area contributed by atoms with Gasteiger partial charge in [0.1, 0.15) is 0 Å². The van der Waals surface area contributed by atoms with Gasteiger partial charge < -0.3 is 14.6 Å². The third kappa shape index (κ3) is 2.16. The van der Waals surface area contributed by atoms with Crippen LogP contribution in [0.3, 0.4) is 0 Å². The van der Waals surface area contributed by atoms with Gasteiger partial charge in [0.2, 0.25) is 5.88 Å². The molecule has 1 fully saturated rings. The van der Waals surface area contributed by atoms with Gasteiger partial charge in [0.25, 0.3) is 0 Å². The Hall–Kier alpha value is -2.04. The summed E-state index contributed by atoms with van der Waals surface area (Å²) in [6.07, 6.45) is 8.07. The SMILES string of the molecule is COc1ncccc1NCc1cncn1C1CC1. The minimum atomic E-state index is 0.620. The van der Waals surface area contributed by atoms with Gasteiger partial charge in [0, 0.05) is 18.4 Å². The fourth-order valence-electron chi connectivity index (χ4n) is 2.02. The summed E-state index contributed by atoms with van der Waals surface area (Å²) in [7, 11) is 1.63. The van der Waals surface area contributed by atoms with Crippen molar-refractivity contribution in [2.24, 2.45) is 0 Å². The monoisotopic (exact) mass is 244 g/mol. The lowest BCUT2D eigenvalue weighted by molar-refractivity contribution is 0.399. The Morgan fingerprint density at radius 1 is 1.50 bits per heavy atom. The molecular weight excluding hydrogens is 228 g/mol. The molecule has 5 nitrogen and oxygen atoms in total. The van der Waals surface area contributed by atoms with Gasteiger partial charge >= 0.3 is 0 Å². The molecule has 1 aliphatic rings. The van der Waals surface area contributed by atoms with E-state index in [1.54, 1.807) is 13.3 Å². The van der Waals surface area contributed by atoms with Crippen LogP contribution in [0.1, 0.15) is 24.6 Å². The van der Waals surface area contributed by atoms with Crippen molar-refractivity contribution >= 4 is 5.69 Å². The van der Waals surface area contributed by atoms with Gasteiger partial charge in [-0.25, -0.2) is 9.97 Å². The Morgan fingerprint density at radius 3 is 3.17 bits per heavy atom. The zero-order valence-electron chi connectivity index (χ0n) is 10.3. The molecule has 5 heteroatoms. The van der Waals surface area contributed by atoms with Crippen molar-refractivity contribution < 1.29 is 4.74 Å². The number of pyridine rings is 1. The first kappa shape index (κ1) is 11.1. The lowest BCUT2D eigenvalue weighted by atomic mass is 10.3. The molecule has 0 aromatic carbocycles. The van der Waals surface area contributed by atoms with E-state index in [1.807, 2.05) is 24.7 Å². The minimum Gasteiger partial charge on any atom is -0.480 e. The average molecular weight is 244 g/mol. The van der Waals surface area contributed by atoms with Gasteiger partial charge in [-0.2, -0.15) is 0 Å². The van der Waals surface area contributed by atoms with Crippen molar-refractivity contribution in [1.29, 1.82) is 0 Å². The van der Waals surface area contributed by atoms with E-state index in [-0.39, 0.29) is 0 Å². The summed E-state index contributed by atoms with van der Waals surface area (Å²) in [4.78, 5) is 8.37. The van der Waals surface area contributed by atoms with E-state index in [4.69, 9.17) is 4.74 Å². The maximum atomic E-state index is 5.21. The second-order valence-electron chi connectivity index (χ2n) is 4.44. The number of imidazole rings is 1. The normalized spacial score (nSPS) is 14.5. The molecule has 1 aliphatic carbocycles. The van der Waals surface area contributed by atoms with Gasteiger partial charge in [0.15, 0.2) is 0 Å². The summed E-state index contributed by atoms with van der Waals surface area (Å²) in [5, 5.41) is 3.34. The average Bonchev–Trinajstić information content (AvgIpc) is 3.16. The van der Waals surface area contributed by atoms with Crippen LogP contribution in [-0.4, -0.2) is 21.6 Å². The van der Waals surface area contributed by atoms with Crippen LogP contribution >= 0.6 is 0 Å². The summed E-state index contributed by atoms with van der Waals surface area (Å²) in [6.45, 7) is 0.735. The Labute approximate surface area is 106 Å². The van der Waals surface area contributed by atoms with E-state index in [9.17, 15) is 0 Å². The van der Waals surface area contributed by atoms with E-state index < -0.39 is 0 Å². The summed E-state index contributed by atoms with van der Waals surface area (Å²) in [5.74, 6) is 0.620. The quantitative estimate of drug-likeness (QED) is 0.876. The van der Waals surface area contributed by atoms with Gasteiger partial charge in [-0.15, -0.1) is 0 Å². The molecule has 3 rings (SSSR count). The third-order valence-corrected chi connectivity index (χ3v) is 3.11. The first-order valence-corrected chi connectivity index (χ1v) is 6.12. The number of hydrogen-bond donors (Lipinski definition) is 1. The summed E-state index contributed by atoms with van der Waals surface area (Å²) in [5.41, 5.74) is 2.10. The smallest absolute Gasteiger partial charge is 0.237 e. The van der Waals surface area contributed by atoms with Crippen LogP contribution < -0.4 is 10.1 Å². The van der Waals surface area contributed by atoms with Gasteiger partial charge in [0.05, 0.1) is 31.4 Å². The van der Waals surface area contributed by atoms with Crippen LogP contribution in [0, 0.1) is 0 Å². The molecule has 0 radical (unpaired) electrons. The molecule has 0 atom stereocenters. The highest BCUT2D eigenvalue weighted by molar-refractivity contribution is 5.52. The van der Waals surface area contributed by atoms with Crippen molar-refractivity contribution in [3.8, 4) is 5.88 Å². The van der Waals surface area contributed by atoms with Crippen molar-refractivity contribution in [2.45, 2.75) is 25.4 Å². The minimum absolute atomic E-state index is 0.620. The van der Waals surface area contributed by atoms with Crippen molar-refractivity contribution in [1.82, 2.24) is 14.5 Å². The summed E-state index contributed by atoms with van der Waals surface area (Å²) >= 11 is 0. The second-order valence-corrected chi connectivity index (χ2v) is 4.44. The predicted octanol–water partition coefficient (Wildman–Crippen LogP) is 2.23. The van der Waals surface area contributed by atoms with Crippen LogP contribution in [0.25, 0.3) is 0 Å². The van der Waals surface area contributed by atoms with Crippen LogP contribution in [0.15, 0.2) is 30.9 Å². The molecule has 18 heavy (non-hydrogen) atoms. The summed E-state index contributed by atoms with van der Waals surface area (Å²) < 4.78 is 7.46. The maximum Gasteiger partial charge on any atom is 0.237 e.